The van der Waals surface area contributed by atoms with Gasteiger partial charge in [-0.3, -0.25) is 0 Å². The molecule has 0 aromatic heterocycles. The molecule has 5 rings (SSSR count). The van der Waals surface area contributed by atoms with Crippen LogP contribution in [-0.2, 0) is 5.41 Å². The van der Waals surface area contributed by atoms with E-state index in [0.29, 0.717) is 60.9 Å². The number of hydrogen-bond acceptors (Lipinski definition) is 6. The average molecular weight is 579 g/mol. The van der Waals surface area contributed by atoms with Crippen molar-refractivity contribution in [1.82, 2.24) is 0 Å². The molecule has 1 aliphatic carbocycles. The van der Waals surface area contributed by atoms with Gasteiger partial charge in [-0.1, -0.05) is 61.7 Å². The quantitative estimate of drug-likeness (QED) is 0.123. The maximum atomic E-state index is 6.49. The molecule has 0 saturated heterocycles. The molecular formula is C37H38O6. The van der Waals surface area contributed by atoms with Crippen molar-refractivity contribution in [3.63, 3.8) is 0 Å². The summed E-state index contributed by atoms with van der Waals surface area (Å²) in [7, 11) is 0. The van der Waals surface area contributed by atoms with E-state index in [-0.39, 0.29) is 0 Å². The van der Waals surface area contributed by atoms with Crippen LogP contribution in [0.3, 0.4) is 0 Å². The Kier molecular flexibility index (Phi) is 8.96. The summed E-state index contributed by atoms with van der Waals surface area (Å²) in [6.07, 6.45) is 2.78. The largest absolute Gasteiger partial charge is 0.489 e. The second-order valence-electron chi connectivity index (χ2n) is 9.68. The first-order valence-electron chi connectivity index (χ1n) is 14.7. The Bertz CT molecular complexity index is 1500. The van der Waals surface area contributed by atoms with E-state index in [1.54, 1.807) is 0 Å². The molecular weight excluding hydrogens is 540 g/mol. The first kappa shape index (κ1) is 29.6. The second kappa shape index (κ2) is 13.0. The van der Waals surface area contributed by atoms with E-state index in [4.69, 9.17) is 28.4 Å². The van der Waals surface area contributed by atoms with Gasteiger partial charge in [0.2, 0.25) is 11.5 Å². The SMILES string of the molecule is C=COc1ccc(C2(c3ccc(OC=C)c(OCC)c3OCC)c3ccccc3-c3ccccc32)c(OCC)c1OCC. The molecule has 0 unspecified atom stereocenters. The first-order valence-corrected chi connectivity index (χ1v) is 14.7. The van der Waals surface area contributed by atoms with Gasteiger partial charge in [-0.15, -0.1) is 0 Å². The number of hydrogen-bond donors (Lipinski definition) is 0. The lowest BCUT2D eigenvalue weighted by Crippen LogP contribution is -2.30. The van der Waals surface area contributed by atoms with Crippen LogP contribution in [0.15, 0.2) is 98.5 Å². The lowest BCUT2D eigenvalue weighted by molar-refractivity contribution is 0.269. The summed E-state index contributed by atoms with van der Waals surface area (Å²) in [5.74, 6) is 3.24. The van der Waals surface area contributed by atoms with Gasteiger partial charge in [0, 0.05) is 11.1 Å². The molecule has 222 valence electrons. The van der Waals surface area contributed by atoms with Gasteiger partial charge >= 0.3 is 0 Å². The van der Waals surface area contributed by atoms with Crippen LogP contribution in [-0.4, -0.2) is 26.4 Å². The standard InChI is InChI=1S/C37H38O6/c1-7-38-31-23-21-29(33(40-9-3)35(31)42-11-5)37(27-19-15-13-17-25(27)26-18-14-16-20-28(26)37)30-22-24-32(39-8-2)36(43-12-6)34(30)41-10-4/h7-8,13-24H,1-2,9-12H2,3-6H3. The van der Waals surface area contributed by atoms with Crippen molar-refractivity contribution in [3.05, 3.63) is 121 Å². The fraction of sp³-hybridized carbons (Fsp3) is 0.243. The fourth-order valence-corrected chi connectivity index (χ4v) is 6.14. The van der Waals surface area contributed by atoms with E-state index < -0.39 is 5.41 Å². The summed E-state index contributed by atoms with van der Waals surface area (Å²) in [4.78, 5) is 0. The minimum Gasteiger partial charge on any atom is -0.489 e. The molecule has 43 heavy (non-hydrogen) atoms. The molecule has 0 saturated carbocycles. The minimum absolute atomic E-state index is 0.415. The summed E-state index contributed by atoms with van der Waals surface area (Å²) >= 11 is 0. The number of rotatable bonds is 14. The summed E-state index contributed by atoms with van der Waals surface area (Å²) in [5, 5.41) is 0. The third-order valence-electron chi connectivity index (χ3n) is 7.49. The molecule has 0 bridgehead atoms. The number of ether oxygens (including phenoxy) is 6. The summed E-state index contributed by atoms with van der Waals surface area (Å²) in [6.45, 7) is 17.0. The van der Waals surface area contributed by atoms with Gasteiger partial charge in [0.15, 0.2) is 23.0 Å². The van der Waals surface area contributed by atoms with Crippen molar-refractivity contribution >= 4 is 0 Å². The van der Waals surface area contributed by atoms with E-state index >= 15 is 0 Å². The zero-order valence-electron chi connectivity index (χ0n) is 25.3. The van der Waals surface area contributed by atoms with E-state index in [9.17, 15) is 0 Å². The van der Waals surface area contributed by atoms with Gasteiger partial charge in [0.05, 0.1) is 44.4 Å². The molecule has 6 nitrogen and oxygen atoms in total. The van der Waals surface area contributed by atoms with Crippen molar-refractivity contribution in [2.45, 2.75) is 33.1 Å². The highest BCUT2D eigenvalue weighted by atomic mass is 16.5. The van der Waals surface area contributed by atoms with Crippen LogP contribution in [0.25, 0.3) is 11.1 Å². The van der Waals surface area contributed by atoms with Gasteiger partial charge < -0.3 is 28.4 Å². The first-order chi connectivity index (χ1) is 21.1. The Morgan fingerprint density at radius 2 is 0.860 bits per heavy atom. The van der Waals surface area contributed by atoms with E-state index in [1.165, 1.54) is 12.5 Å². The van der Waals surface area contributed by atoms with Gasteiger partial charge in [0.25, 0.3) is 0 Å². The Morgan fingerprint density at radius 3 is 1.23 bits per heavy atom. The maximum Gasteiger partial charge on any atom is 0.204 e. The zero-order valence-corrected chi connectivity index (χ0v) is 25.3. The summed E-state index contributed by atoms with van der Waals surface area (Å²) in [6, 6.07) is 24.9. The number of fused-ring (bicyclic) bond motifs is 3. The van der Waals surface area contributed by atoms with Crippen LogP contribution in [0.5, 0.6) is 34.5 Å². The molecule has 6 heteroatoms. The number of benzene rings is 4. The molecule has 0 amide bonds. The third-order valence-corrected chi connectivity index (χ3v) is 7.49. The molecule has 0 spiro atoms. The van der Waals surface area contributed by atoms with E-state index in [0.717, 1.165) is 33.4 Å². The van der Waals surface area contributed by atoms with Crippen molar-refractivity contribution in [3.8, 4) is 45.6 Å². The van der Waals surface area contributed by atoms with Crippen molar-refractivity contribution in [2.24, 2.45) is 0 Å². The van der Waals surface area contributed by atoms with E-state index in [1.807, 2.05) is 39.8 Å². The van der Waals surface area contributed by atoms with Crippen molar-refractivity contribution in [2.75, 3.05) is 26.4 Å². The zero-order chi connectivity index (χ0) is 30.4. The lowest BCUT2D eigenvalue weighted by Gasteiger charge is -2.37. The van der Waals surface area contributed by atoms with Gasteiger partial charge in [-0.05, 0) is 74.2 Å². The molecule has 0 heterocycles. The van der Waals surface area contributed by atoms with Crippen LogP contribution >= 0.6 is 0 Å². The monoisotopic (exact) mass is 578 g/mol. The Labute approximate surface area is 254 Å². The molecule has 4 aromatic carbocycles. The van der Waals surface area contributed by atoms with E-state index in [2.05, 4.69) is 73.8 Å². The van der Waals surface area contributed by atoms with Gasteiger partial charge in [0.1, 0.15) is 0 Å². The molecule has 0 aliphatic heterocycles. The highest BCUT2D eigenvalue weighted by Gasteiger charge is 2.50. The third kappa shape index (κ3) is 4.87. The van der Waals surface area contributed by atoms with Gasteiger partial charge in [-0.25, -0.2) is 0 Å². The topological polar surface area (TPSA) is 55.4 Å². The molecule has 0 atom stereocenters. The Balaban J connectivity index is 2.02. The highest BCUT2D eigenvalue weighted by Crippen LogP contribution is 2.62. The Morgan fingerprint density at radius 1 is 0.488 bits per heavy atom. The maximum absolute atomic E-state index is 6.49. The highest BCUT2D eigenvalue weighted by molar-refractivity contribution is 5.88. The van der Waals surface area contributed by atoms with Crippen molar-refractivity contribution < 1.29 is 28.4 Å². The fourth-order valence-electron chi connectivity index (χ4n) is 6.14. The Hall–Kier alpha value is -4.84. The smallest absolute Gasteiger partial charge is 0.204 e. The predicted molar refractivity (Wildman–Crippen MR) is 170 cm³/mol. The predicted octanol–water partition coefficient (Wildman–Crippen LogP) is 8.69. The second-order valence-corrected chi connectivity index (χ2v) is 9.68. The van der Waals surface area contributed by atoms with Gasteiger partial charge in [-0.2, -0.15) is 0 Å². The van der Waals surface area contributed by atoms with Crippen LogP contribution in [0.2, 0.25) is 0 Å². The van der Waals surface area contributed by atoms with Crippen LogP contribution in [0.1, 0.15) is 49.9 Å². The normalized spacial score (nSPS) is 12.5. The average Bonchev–Trinajstić information content (AvgIpc) is 3.32. The van der Waals surface area contributed by atoms with Crippen LogP contribution < -0.4 is 28.4 Å². The van der Waals surface area contributed by atoms with Crippen LogP contribution in [0.4, 0.5) is 0 Å². The molecule has 0 radical (unpaired) electrons. The molecule has 0 N–H and O–H groups in total. The molecule has 4 aromatic rings. The van der Waals surface area contributed by atoms with Crippen molar-refractivity contribution in [1.29, 1.82) is 0 Å². The molecule has 1 aliphatic rings. The van der Waals surface area contributed by atoms with Crippen LogP contribution in [0, 0.1) is 0 Å². The summed E-state index contributed by atoms with van der Waals surface area (Å²) < 4.78 is 37.1. The molecule has 0 fully saturated rings. The summed E-state index contributed by atoms with van der Waals surface area (Å²) in [5.41, 5.74) is 5.28. The lowest BCUT2D eigenvalue weighted by atomic mass is 9.66. The minimum atomic E-state index is -0.890.